The number of benzene rings is 2. The van der Waals surface area contributed by atoms with Gasteiger partial charge in [0.05, 0.1) is 41.9 Å². The Morgan fingerprint density at radius 1 is 1.11 bits per heavy atom. The van der Waals surface area contributed by atoms with E-state index in [9.17, 15) is 13.2 Å². The number of hydrogen-bond donors (Lipinski definition) is 1. The van der Waals surface area contributed by atoms with Crippen LogP contribution in [0.4, 0.5) is 11.4 Å². The first-order valence-electron chi connectivity index (χ1n) is 8.13. The van der Waals surface area contributed by atoms with Crippen molar-refractivity contribution in [2.45, 2.75) is 6.92 Å². The number of carbonyl (C=O) groups is 1. The van der Waals surface area contributed by atoms with E-state index in [1.54, 1.807) is 12.1 Å². The quantitative estimate of drug-likeness (QED) is 0.693. The Balaban J connectivity index is 2.58. The minimum absolute atomic E-state index is 0.0724. The second kappa shape index (κ2) is 8.89. The van der Waals surface area contributed by atoms with Gasteiger partial charge in [0.1, 0.15) is 0 Å². The van der Waals surface area contributed by atoms with Crippen LogP contribution in [-0.4, -0.2) is 41.3 Å². The molecule has 2 rings (SSSR count). The number of carbonyl (C=O) groups excluding carboxylic acids is 1. The SMILES string of the molecule is CCS(=O)(=O)N(C)c1cc(OC)c(OC)cc1C(=O)Nc1ccc(Cl)cc1Cl. The third-order valence-corrected chi connectivity index (χ3v) is 6.36. The minimum Gasteiger partial charge on any atom is -0.493 e. The molecule has 0 radical (unpaired) electrons. The molecule has 10 heteroatoms. The maximum absolute atomic E-state index is 12.9. The average molecular weight is 447 g/mol. The van der Waals surface area contributed by atoms with Crippen molar-refractivity contribution >= 4 is 50.5 Å². The van der Waals surface area contributed by atoms with Crippen LogP contribution >= 0.6 is 23.2 Å². The highest BCUT2D eigenvalue weighted by Crippen LogP contribution is 2.36. The summed E-state index contributed by atoms with van der Waals surface area (Å²) in [6.07, 6.45) is 0. The lowest BCUT2D eigenvalue weighted by atomic mass is 10.1. The Labute approximate surface area is 174 Å². The molecule has 28 heavy (non-hydrogen) atoms. The predicted molar refractivity (Wildman–Crippen MR) is 112 cm³/mol. The molecular formula is C18H20Cl2N2O5S. The van der Waals surface area contributed by atoms with Gasteiger partial charge in [-0.2, -0.15) is 0 Å². The highest BCUT2D eigenvalue weighted by molar-refractivity contribution is 7.92. The molecule has 2 aromatic rings. The summed E-state index contributed by atoms with van der Waals surface area (Å²) < 4.78 is 36.3. The van der Waals surface area contributed by atoms with Crippen LogP contribution in [0.1, 0.15) is 17.3 Å². The van der Waals surface area contributed by atoms with Crippen molar-refractivity contribution < 1.29 is 22.7 Å². The average Bonchev–Trinajstić information content (AvgIpc) is 2.68. The number of nitrogens with zero attached hydrogens (tertiary/aromatic N) is 1. The van der Waals surface area contributed by atoms with Crippen molar-refractivity contribution in [2.24, 2.45) is 0 Å². The van der Waals surface area contributed by atoms with Gasteiger partial charge in [-0.25, -0.2) is 8.42 Å². The molecule has 0 heterocycles. The van der Waals surface area contributed by atoms with Crippen LogP contribution in [-0.2, 0) is 10.0 Å². The first-order valence-corrected chi connectivity index (χ1v) is 10.5. The molecule has 0 unspecified atom stereocenters. The third kappa shape index (κ3) is 4.63. The van der Waals surface area contributed by atoms with Crippen LogP contribution in [0.25, 0.3) is 0 Å². The van der Waals surface area contributed by atoms with Crippen LogP contribution in [0.15, 0.2) is 30.3 Å². The predicted octanol–water partition coefficient (Wildman–Crippen LogP) is 4.05. The van der Waals surface area contributed by atoms with Crippen LogP contribution in [0.2, 0.25) is 10.0 Å². The number of hydrogen-bond acceptors (Lipinski definition) is 5. The molecule has 7 nitrogen and oxygen atoms in total. The molecule has 152 valence electrons. The summed E-state index contributed by atoms with van der Waals surface area (Å²) in [5.74, 6) is -0.141. The van der Waals surface area contributed by atoms with E-state index < -0.39 is 15.9 Å². The molecule has 0 aliphatic rings. The van der Waals surface area contributed by atoms with Gasteiger partial charge in [-0.15, -0.1) is 0 Å². The number of amides is 1. The summed E-state index contributed by atoms with van der Waals surface area (Å²) in [4.78, 5) is 12.9. The van der Waals surface area contributed by atoms with Gasteiger partial charge in [0.25, 0.3) is 5.91 Å². The van der Waals surface area contributed by atoms with Crippen molar-refractivity contribution in [1.82, 2.24) is 0 Å². The Morgan fingerprint density at radius 2 is 1.71 bits per heavy atom. The minimum atomic E-state index is -3.63. The van der Waals surface area contributed by atoms with Crippen LogP contribution in [0.3, 0.4) is 0 Å². The molecule has 0 aromatic heterocycles. The highest BCUT2D eigenvalue weighted by atomic mass is 35.5. The third-order valence-electron chi connectivity index (χ3n) is 4.05. The fourth-order valence-corrected chi connectivity index (χ4v) is 3.73. The maximum atomic E-state index is 12.9. The summed E-state index contributed by atoms with van der Waals surface area (Å²) in [6, 6.07) is 7.46. The first kappa shape index (κ1) is 22.1. The van der Waals surface area contributed by atoms with Gasteiger partial charge < -0.3 is 14.8 Å². The Hall–Kier alpha value is -2.16. The van der Waals surface area contributed by atoms with E-state index >= 15 is 0 Å². The lowest BCUT2D eigenvalue weighted by Gasteiger charge is -2.23. The number of anilines is 2. The second-order valence-corrected chi connectivity index (χ2v) is 8.80. The van der Waals surface area contributed by atoms with Crippen molar-refractivity contribution in [1.29, 1.82) is 0 Å². The number of halogens is 2. The topological polar surface area (TPSA) is 84.9 Å². The zero-order chi connectivity index (χ0) is 21.1. The summed E-state index contributed by atoms with van der Waals surface area (Å²) in [5.41, 5.74) is 0.545. The fraction of sp³-hybridized carbons (Fsp3) is 0.278. The van der Waals surface area contributed by atoms with Gasteiger partial charge in [0.15, 0.2) is 11.5 Å². The number of nitrogens with one attached hydrogen (secondary N) is 1. The monoisotopic (exact) mass is 446 g/mol. The van der Waals surface area contributed by atoms with Gasteiger partial charge in [0.2, 0.25) is 10.0 Å². The fourth-order valence-electron chi connectivity index (χ4n) is 2.43. The van der Waals surface area contributed by atoms with E-state index in [1.807, 2.05) is 0 Å². The number of methoxy groups -OCH3 is 2. The molecule has 0 fully saturated rings. The number of rotatable bonds is 7. The summed E-state index contributed by atoms with van der Waals surface area (Å²) in [5, 5.41) is 3.33. The zero-order valence-corrected chi connectivity index (χ0v) is 18.1. The Kier molecular flexibility index (Phi) is 7.03. The van der Waals surface area contributed by atoms with Gasteiger partial charge in [0, 0.05) is 18.1 Å². The number of ether oxygens (including phenoxy) is 2. The maximum Gasteiger partial charge on any atom is 0.257 e. The molecular weight excluding hydrogens is 427 g/mol. The van der Waals surface area contributed by atoms with E-state index in [-0.39, 0.29) is 33.5 Å². The Morgan fingerprint density at radius 3 is 2.25 bits per heavy atom. The molecule has 1 N–H and O–H groups in total. The van der Waals surface area contributed by atoms with E-state index in [2.05, 4.69) is 5.32 Å². The van der Waals surface area contributed by atoms with Crippen molar-refractivity contribution in [3.05, 3.63) is 45.9 Å². The Bertz CT molecular complexity index is 996. The molecule has 0 atom stereocenters. The molecule has 0 spiro atoms. The standard InChI is InChI=1S/C18H20Cl2N2O5S/c1-5-28(24,25)22(2)15-10-17(27-4)16(26-3)9-12(15)18(23)21-14-7-6-11(19)8-13(14)20/h6-10H,5H2,1-4H3,(H,21,23). The van der Waals surface area contributed by atoms with Crippen molar-refractivity contribution in [3.63, 3.8) is 0 Å². The number of sulfonamides is 1. The highest BCUT2D eigenvalue weighted by Gasteiger charge is 2.25. The summed E-state index contributed by atoms with van der Waals surface area (Å²) in [7, 11) is 0.580. The van der Waals surface area contributed by atoms with E-state index in [0.717, 1.165) is 4.31 Å². The van der Waals surface area contributed by atoms with Gasteiger partial charge in [-0.3, -0.25) is 9.10 Å². The summed E-state index contributed by atoms with van der Waals surface area (Å²) in [6.45, 7) is 1.51. The largest absolute Gasteiger partial charge is 0.493 e. The van der Waals surface area contributed by atoms with Crippen LogP contribution in [0, 0.1) is 0 Å². The molecule has 1 amide bonds. The van der Waals surface area contributed by atoms with Crippen LogP contribution < -0.4 is 19.1 Å². The molecule has 2 aromatic carbocycles. The van der Waals surface area contributed by atoms with Crippen molar-refractivity contribution in [2.75, 3.05) is 36.6 Å². The summed E-state index contributed by atoms with van der Waals surface area (Å²) >= 11 is 12.0. The van der Waals surface area contributed by atoms with Gasteiger partial charge >= 0.3 is 0 Å². The molecule has 0 saturated heterocycles. The van der Waals surface area contributed by atoms with E-state index in [4.69, 9.17) is 32.7 Å². The van der Waals surface area contributed by atoms with Crippen LogP contribution in [0.5, 0.6) is 11.5 Å². The molecule has 0 aliphatic carbocycles. The normalized spacial score (nSPS) is 11.1. The van der Waals surface area contributed by atoms with E-state index in [0.29, 0.717) is 10.7 Å². The van der Waals surface area contributed by atoms with Gasteiger partial charge in [-0.1, -0.05) is 23.2 Å². The molecule has 0 saturated carbocycles. The van der Waals surface area contributed by atoms with E-state index in [1.165, 1.54) is 46.4 Å². The second-order valence-electron chi connectivity index (χ2n) is 5.67. The zero-order valence-electron chi connectivity index (χ0n) is 15.7. The lowest BCUT2D eigenvalue weighted by molar-refractivity contribution is 0.102. The first-order chi connectivity index (χ1) is 13.1. The molecule has 0 bridgehead atoms. The smallest absolute Gasteiger partial charge is 0.257 e. The lowest BCUT2D eigenvalue weighted by Crippen LogP contribution is -2.30. The molecule has 0 aliphatic heterocycles. The van der Waals surface area contributed by atoms with Crippen molar-refractivity contribution in [3.8, 4) is 11.5 Å². The van der Waals surface area contributed by atoms with Gasteiger partial charge in [-0.05, 0) is 31.2 Å².